The van der Waals surface area contributed by atoms with Gasteiger partial charge in [-0.2, -0.15) is 0 Å². The summed E-state index contributed by atoms with van der Waals surface area (Å²) in [5.74, 6) is 1.01. The number of hydrogen-bond acceptors (Lipinski definition) is 4. The Balaban J connectivity index is 1.61. The summed E-state index contributed by atoms with van der Waals surface area (Å²) < 4.78 is 13.4. The van der Waals surface area contributed by atoms with E-state index in [4.69, 9.17) is 0 Å². The molecule has 0 unspecified atom stereocenters. The number of rotatable bonds is 6. The van der Waals surface area contributed by atoms with E-state index in [1.807, 2.05) is 6.07 Å². The molecule has 1 amide bonds. The molecule has 27 heavy (non-hydrogen) atoms. The van der Waals surface area contributed by atoms with Crippen LogP contribution in [0.1, 0.15) is 33.1 Å². The molecule has 1 N–H and O–H groups in total. The van der Waals surface area contributed by atoms with Gasteiger partial charge in [0.1, 0.15) is 5.82 Å². The number of nitrogens with zero attached hydrogens (tertiary/aromatic N) is 3. The molecule has 0 aliphatic carbocycles. The number of aromatic nitrogens is 2. The van der Waals surface area contributed by atoms with Crippen molar-refractivity contribution >= 4 is 11.9 Å². The highest BCUT2D eigenvalue weighted by molar-refractivity contribution is 5.79. The van der Waals surface area contributed by atoms with Gasteiger partial charge in [-0.05, 0) is 42.9 Å². The first-order valence-corrected chi connectivity index (χ1v) is 9.63. The summed E-state index contributed by atoms with van der Waals surface area (Å²) in [5, 5.41) is 3.05. The molecule has 1 atom stereocenters. The van der Waals surface area contributed by atoms with Gasteiger partial charge < -0.3 is 10.2 Å². The Morgan fingerprint density at radius 1 is 1.30 bits per heavy atom. The Kier molecular flexibility index (Phi) is 6.37. The summed E-state index contributed by atoms with van der Waals surface area (Å²) in [6.45, 7) is 6.51. The van der Waals surface area contributed by atoms with Crippen molar-refractivity contribution < 1.29 is 9.18 Å². The van der Waals surface area contributed by atoms with Gasteiger partial charge in [0.25, 0.3) is 0 Å². The molecule has 5 nitrogen and oxygen atoms in total. The molecule has 6 heteroatoms. The SMILES string of the molecule is CC(C)CCNC(=O)[C@@H]1CCCN(c2ncc(-c3cccc(F)c3)cn2)C1. The summed E-state index contributed by atoms with van der Waals surface area (Å²) in [6, 6.07) is 6.39. The second-order valence-corrected chi connectivity index (χ2v) is 7.54. The summed E-state index contributed by atoms with van der Waals surface area (Å²) in [4.78, 5) is 23.4. The minimum Gasteiger partial charge on any atom is -0.356 e. The third-order valence-corrected chi connectivity index (χ3v) is 4.89. The Bertz CT molecular complexity index is 763. The summed E-state index contributed by atoms with van der Waals surface area (Å²) in [6.07, 6.45) is 6.25. The van der Waals surface area contributed by atoms with Crippen LogP contribution in [0, 0.1) is 17.7 Å². The maximum absolute atomic E-state index is 13.4. The molecule has 1 aromatic carbocycles. The molecule has 0 radical (unpaired) electrons. The highest BCUT2D eigenvalue weighted by atomic mass is 19.1. The molecular formula is C21H27FN4O. The minimum absolute atomic E-state index is 0.0302. The summed E-state index contributed by atoms with van der Waals surface area (Å²) in [5.41, 5.74) is 1.53. The molecule has 0 bridgehead atoms. The van der Waals surface area contributed by atoms with E-state index in [1.165, 1.54) is 12.1 Å². The zero-order valence-corrected chi connectivity index (χ0v) is 16.0. The third kappa shape index (κ3) is 5.25. The van der Waals surface area contributed by atoms with Gasteiger partial charge in [-0.25, -0.2) is 14.4 Å². The predicted octanol–water partition coefficient (Wildman–Crippen LogP) is 3.66. The van der Waals surface area contributed by atoms with Crippen LogP contribution in [0.25, 0.3) is 11.1 Å². The van der Waals surface area contributed by atoms with Crippen LogP contribution >= 0.6 is 0 Å². The smallest absolute Gasteiger partial charge is 0.225 e. The molecule has 1 fully saturated rings. The van der Waals surface area contributed by atoms with E-state index < -0.39 is 0 Å². The van der Waals surface area contributed by atoms with Crippen molar-refractivity contribution in [3.05, 3.63) is 42.5 Å². The van der Waals surface area contributed by atoms with E-state index in [9.17, 15) is 9.18 Å². The van der Waals surface area contributed by atoms with Crippen LogP contribution in [0.5, 0.6) is 0 Å². The number of nitrogens with one attached hydrogen (secondary N) is 1. The molecule has 1 aliphatic rings. The van der Waals surface area contributed by atoms with E-state index in [1.54, 1.807) is 18.5 Å². The Hall–Kier alpha value is -2.50. The van der Waals surface area contributed by atoms with Gasteiger partial charge in [0.2, 0.25) is 11.9 Å². The zero-order valence-electron chi connectivity index (χ0n) is 16.0. The molecule has 1 aromatic heterocycles. The van der Waals surface area contributed by atoms with Crippen molar-refractivity contribution in [2.24, 2.45) is 11.8 Å². The number of amides is 1. The van der Waals surface area contributed by atoms with Crippen molar-refractivity contribution in [3.63, 3.8) is 0 Å². The largest absolute Gasteiger partial charge is 0.356 e. The summed E-state index contributed by atoms with van der Waals surface area (Å²) >= 11 is 0. The average Bonchev–Trinajstić information content (AvgIpc) is 2.68. The van der Waals surface area contributed by atoms with Gasteiger partial charge >= 0.3 is 0 Å². The van der Waals surface area contributed by atoms with Crippen molar-refractivity contribution in [1.82, 2.24) is 15.3 Å². The van der Waals surface area contributed by atoms with Crippen molar-refractivity contribution in [2.45, 2.75) is 33.1 Å². The molecule has 0 spiro atoms. The fourth-order valence-electron chi connectivity index (χ4n) is 3.30. The summed E-state index contributed by atoms with van der Waals surface area (Å²) in [7, 11) is 0. The zero-order chi connectivity index (χ0) is 19.2. The van der Waals surface area contributed by atoms with Crippen LogP contribution < -0.4 is 10.2 Å². The topological polar surface area (TPSA) is 58.1 Å². The van der Waals surface area contributed by atoms with Crippen molar-refractivity contribution in [3.8, 4) is 11.1 Å². The maximum Gasteiger partial charge on any atom is 0.225 e. The van der Waals surface area contributed by atoms with E-state index in [0.29, 0.717) is 18.4 Å². The standard InChI is InChI=1S/C21H27FN4O/c1-15(2)8-9-23-20(27)17-6-4-10-26(14-17)21-24-12-18(13-25-21)16-5-3-7-19(22)11-16/h3,5,7,11-13,15,17H,4,6,8-10,14H2,1-2H3,(H,23,27)/t17-/m1/s1. The lowest BCUT2D eigenvalue weighted by Crippen LogP contribution is -2.44. The predicted molar refractivity (Wildman–Crippen MR) is 105 cm³/mol. The highest BCUT2D eigenvalue weighted by Crippen LogP contribution is 2.23. The second kappa shape index (κ2) is 8.93. The molecule has 2 aromatic rings. The fraction of sp³-hybridized carbons (Fsp3) is 0.476. The molecule has 2 heterocycles. The number of carbonyl (C=O) groups is 1. The van der Waals surface area contributed by atoms with Gasteiger partial charge in [-0.3, -0.25) is 4.79 Å². The fourth-order valence-corrected chi connectivity index (χ4v) is 3.30. The lowest BCUT2D eigenvalue weighted by atomic mass is 9.97. The Morgan fingerprint density at radius 3 is 2.78 bits per heavy atom. The van der Waals surface area contributed by atoms with E-state index >= 15 is 0 Å². The molecule has 144 valence electrons. The van der Waals surface area contributed by atoms with Gasteiger partial charge in [-0.1, -0.05) is 26.0 Å². The number of piperidine rings is 1. The average molecular weight is 370 g/mol. The van der Waals surface area contributed by atoms with Crippen molar-refractivity contribution in [1.29, 1.82) is 0 Å². The van der Waals surface area contributed by atoms with E-state index in [0.717, 1.165) is 43.5 Å². The van der Waals surface area contributed by atoms with E-state index in [-0.39, 0.29) is 17.6 Å². The quantitative estimate of drug-likeness (QED) is 0.843. The van der Waals surface area contributed by atoms with Crippen LogP contribution in [0.2, 0.25) is 0 Å². The Labute approximate surface area is 160 Å². The third-order valence-electron chi connectivity index (χ3n) is 4.89. The normalized spacial score (nSPS) is 17.2. The lowest BCUT2D eigenvalue weighted by Gasteiger charge is -2.32. The van der Waals surface area contributed by atoms with E-state index in [2.05, 4.69) is 34.0 Å². The van der Waals surface area contributed by atoms with Crippen LogP contribution in [-0.4, -0.2) is 35.5 Å². The number of hydrogen-bond donors (Lipinski definition) is 1. The van der Waals surface area contributed by atoms with Crippen molar-refractivity contribution in [2.75, 3.05) is 24.5 Å². The Morgan fingerprint density at radius 2 is 2.07 bits per heavy atom. The molecule has 1 saturated heterocycles. The number of carbonyl (C=O) groups excluding carboxylic acids is 1. The molecule has 1 aliphatic heterocycles. The molecule has 3 rings (SSSR count). The number of benzene rings is 1. The molecular weight excluding hydrogens is 343 g/mol. The minimum atomic E-state index is -0.279. The van der Waals surface area contributed by atoms with Gasteiger partial charge in [0.15, 0.2) is 0 Å². The van der Waals surface area contributed by atoms with Gasteiger partial charge in [0, 0.05) is 37.6 Å². The molecule has 0 saturated carbocycles. The van der Waals surface area contributed by atoms with Crippen LogP contribution in [0.4, 0.5) is 10.3 Å². The maximum atomic E-state index is 13.4. The van der Waals surface area contributed by atoms with Crippen LogP contribution in [0.3, 0.4) is 0 Å². The number of anilines is 1. The first-order chi connectivity index (χ1) is 13.0. The van der Waals surface area contributed by atoms with Gasteiger partial charge in [-0.15, -0.1) is 0 Å². The monoisotopic (exact) mass is 370 g/mol. The first kappa shape index (κ1) is 19.3. The number of halogens is 1. The van der Waals surface area contributed by atoms with Crippen LogP contribution in [0.15, 0.2) is 36.7 Å². The lowest BCUT2D eigenvalue weighted by molar-refractivity contribution is -0.125. The van der Waals surface area contributed by atoms with Crippen LogP contribution in [-0.2, 0) is 4.79 Å². The second-order valence-electron chi connectivity index (χ2n) is 7.54. The van der Waals surface area contributed by atoms with Gasteiger partial charge in [0.05, 0.1) is 5.92 Å². The highest BCUT2D eigenvalue weighted by Gasteiger charge is 2.26. The first-order valence-electron chi connectivity index (χ1n) is 9.63.